The Balaban J connectivity index is 0.00000312. The zero-order valence-corrected chi connectivity index (χ0v) is 15.9. The monoisotopic (exact) mass is 446 g/mol. The average Bonchev–Trinajstić information content (AvgIpc) is 2.46. The highest BCUT2D eigenvalue weighted by molar-refractivity contribution is 6.30. The van der Waals surface area contributed by atoms with Crippen LogP contribution in [0.2, 0.25) is 5.02 Å². The minimum absolute atomic E-state index is 0. The number of rotatable bonds is 4. The maximum absolute atomic E-state index is 13.0. The van der Waals surface area contributed by atoms with Crippen LogP contribution in [0.25, 0.3) is 0 Å². The summed E-state index contributed by atoms with van der Waals surface area (Å²) in [5.41, 5.74) is -0.780. The summed E-state index contributed by atoms with van der Waals surface area (Å²) in [4.78, 5) is 1.77. The molecular weight excluding hydrogens is 429 g/mol. The van der Waals surface area contributed by atoms with Gasteiger partial charge < -0.3 is 5.32 Å². The van der Waals surface area contributed by atoms with Crippen molar-refractivity contribution in [3.63, 3.8) is 0 Å². The van der Waals surface area contributed by atoms with E-state index in [2.05, 4.69) is 5.32 Å². The molecule has 2 nitrogen and oxygen atoms in total. The molecule has 0 aliphatic carbocycles. The highest BCUT2D eigenvalue weighted by Crippen LogP contribution is 2.37. The lowest BCUT2D eigenvalue weighted by molar-refractivity contribution is -0.140. The van der Waals surface area contributed by atoms with Crippen molar-refractivity contribution < 1.29 is 26.3 Å². The molecule has 0 aromatic heterocycles. The molecule has 0 bridgehead atoms. The minimum Gasteiger partial charge on any atom is -0.314 e. The van der Waals surface area contributed by atoms with Crippen molar-refractivity contribution in [1.29, 1.82) is 0 Å². The molecule has 1 saturated heterocycles. The van der Waals surface area contributed by atoms with Crippen molar-refractivity contribution in [2.75, 3.05) is 26.2 Å². The summed E-state index contributed by atoms with van der Waals surface area (Å²) < 4.78 is 76.7. The van der Waals surface area contributed by atoms with Crippen molar-refractivity contribution in [2.24, 2.45) is 0 Å². The molecule has 0 unspecified atom stereocenters. The molecule has 1 fully saturated rings. The number of benzene rings is 1. The molecule has 26 heavy (non-hydrogen) atoms. The maximum atomic E-state index is 13.0. The third-order valence-electron chi connectivity index (χ3n) is 3.93. The lowest BCUT2D eigenvalue weighted by Gasteiger charge is -2.35. The van der Waals surface area contributed by atoms with Gasteiger partial charge in [0.25, 0.3) is 0 Å². The second-order valence-electron chi connectivity index (χ2n) is 5.73. The van der Waals surface area contributed by atoms with Crippen LogP contribution in [-0.4, -0.2) is 37.3 Å². The molecular formula is C15H19Cl3F6N2. The molecule has 1 aliphatic rings. The lowest BCUT2D eigenvalue weighted by Crippen LogP contribution is -2.45. The number of hydrogen-bond donors (Lipinski definition) is 1. The third-order valence-corrected chi connectivity index (χ3v) is 4.14. The molecule has 11 heteroatoms. The fraction of sp³-hybridized carbons (Fsp3) is 0.600. The number of alkyl halides is 6. The van der Waals surface area contributed by atoms with Crippen LogP contribution in [0.15, 0.2) is 18.2 Å². The molecule has 1 atom stereocenters. The van der Waals surface area contributed by atoms with Crippen LogP contribution < -0.4 is 5.32 Å². The van der Waals surface area contributed by atoms with E-state index in [9.17, 15) is 26.3 Å². The Kier molecular flexibility index (Phi) is 10.1. The van der Waals surface area contributed by atoms with Crippen LogP contribution in [0.1, 0.15) is 30.0 Å². The predicted molar refractivity (Wildman–Crippen MR) is 93.4 cm³/mol. The summed E-state index contributed by atoms with van der Waals surface area (Å²) in [5.74, 6) is 0. The zero-order valence-electron chi connectivity index (χ0n) is 13.5. The van der Waals surface area contributed by atoms with E-state index in [1.54, 1.807) is 4.90 Å². The second-order valence-corrected chi connectivity index (χ2v) is 6.16. The Hall–Kier alpha value is -0.410. The van der Waals surface area contributed by atoms with E-state index in [0.29, 0.717) is 26.2 Å². The first-order chi connectivity index (χ1) is 11.1. The zero-order chi connectivity index (χ0) is 18.0. The van der Waals surface area contributed by atoms with Gasteiger partial charge in [-0.25, -0.2) is 0 Å². The van der Waals surface area contributed by atoms with E-state index in [1.165, 1.54) is 6.07 Å². The van der Waals surface area contributed by atoms with Crippen LogP contribution in [-0.2, 0) is 6.18 Å². The third kappa shape index (κ3) is 7.68. The molecule has 1 aromatic carbocycles. The van der Waals surface area contributed by atoms with Gasteiger partial charge in [0.15, 0.2) is 0 Å². The summed E-state index contributed by atoms with van der Waals surface area (Å²) in [7, 11) is 0. The summed E-state index contributed by atoms with van der Waals surface area (Å²) in [6.45, 7) is 2.09. The molecule has 2 rings (SSSR count). The molecule has 152 valence electrons. The van der Waals surface area contributed by atoms with Gasteiger partial charge in [-0.1, -0.05) is 11.6 Å². The fourth-order valence-corrected chi connectivity index (χ4v) is 3.07. The first kappa shape index (κ1) is 25.6. The largest absolute Gasteiger partial charge is 0.416 e. The van der Waals surface area contributed by atoms with Crippen LogP contribution in [0.4, 0.5) is 26.3 Å². The second kappa shape index (κ2) is 10.2. The highest BCUT2D eigenvalue weighted by atomic mass is 35.5. The van der Waals surface area contributed by atoms with Gasteiger partial charge in [0.2, 0.25) is 0 Å². The van der Waals surface area contributed by atoms with Crippen molar-refractivity contribution in [2.45, 2.75) is 31.2 Å². The number of piperazine rings is 1. The number of nitrogens with one attached hydrogen (secondary N) is 1. The topological polar surface area (TPSA) is 15.3 Å². The van der Waals surface area contributed by atoms with Crippen LogP contribution in [0, 0.1) is 0 Å². The molecule has 0 amide bonds. The van der Waals surface area contributed by atoms with Gasteiger partial charge >= 0.3 is 12.4 Å². The van der Waals surface area contributed by atoms with Crippen molar-refractivity contribution in [1.82, 2.24) is 10.2 Å². The summed E-state index contributed by atoms with van der Waals surface area (Å²) in [6.07, 6.45) is -10.3. The van der Waals surface area contributed by atoms with Gasteiger partial charge in [0.1, 0.15) is 0 Å². The van der Waals surface area contributed by atoms with Crippen molar-refractivity contribution in [3.05, 3.63) is 34.3 Å². The lowest BCUT2D eigenvalue weighted by atomic mass is 9.97. The number of nitrogens with zero attached hydrogens (tertiary/aromatic N) is 1. The van der Waals surface area contributed by atoms with E-state index in [0.717, 1.165) is 12.1 Å². The molecule has 0 saturated carbocycles. The first-order valence-electron chi connectivity index (χ1n) is 7.45. The summed E-state index contributed by atoms with van der Waals surface area (Å²) >= 11 is 5.78. The quantitative estimate of drug-likeness (QED) is 0.614. The first-order valence-corrected chi connectivity index (χ1v) is 7.83. The Bertz CT molecular complexity index is 559. The minimum atomic E-state index is -4.60. The van der Waals surface area contributed by atoms with Crippen molar-refractivity contribution in [3.8, 4) is 0 Å². The predicted octanol–water partition coefficient (Wildman–Crippen LogP) is 5.49. The normalized spacial score (nSPS) is 17.2. The highest BCUT2D eigenvalue weighted by Gasteiger charge is 2.34. The molecule has 0 radical (unpaired) electrons. The van der Waals surface area contributed by atoms with Gasteiger partial charge in [0.05, 0.1) is 5.56 Å². The van der Waals surface area contributed by atoms with Crippen molar-refractivity contribution >= 4 is 36.4 Å². The van der Waals surface area contributed by atoms with Crippen LogP contribution in [0.5, 0.6) is 0 Å². The van der Waals surface area contributed by atoms with E-state index in [-0.39, 0.29) is 41.8 Å². The van der Waals surface area contributed by atoms with E-state index >= 15 is 0 Å². The van der Waals surface area contributed by atoms with Gasteiger partial charge in [-0.05, 0) is 30.2 Å². The Labute approximate surface area is 165 Å². The Morgan fingerprint density at radius 2 is 1.58 bits per heavy atom. The molecule has 1 aromatic rings. The fourth-order valence-electron chi connectivity index (χ4n) is 2.82. The van der Waals surface area contributed by atoms with E-state index in [1.807, 2.05) is 0 Å². The smallest absolute Gasteiger partial charge is 0.314 e. The van der Waals surface area contributed by atoms with E-state index < -0.39 is 30.4 Å². The summed E-state index contributed by atoms with van der Waals surface area (Å²) in [5, 5.41) is 2.94. The van der Waals surface area contributed by atoms with Gasteiger partial charge in [-0.2, -0.15) is 26.3 Å². The number of hydrogen-bond acceptors (Lipinski definition) is 2. The Morgan fingerprint density at radius 1 is 1.00 bits per heavy atom. The van der Waals surface area contributed by atoms with Crippen LogP contribution >= 0.6 is 36.4 Å². The average molecular weight is 448 g/mol. The number of halogens is 9. The molecule has 0 spiro atoms. The molecule has 1 heterocycles. The van der Waals surface area contributed by atoms with E-state index in [4.69, 9.17) is 11.6 Å². The standard InChI is InChI=1S/C15H17ClF6N2.2ClH/c16-12-8-10(7-11(9-12)15(20,21)22)13(1-2-14(17,18)19)24-5-3-23-4-6-24;;/h7-9,13,23H,1-6H2;2*1H/t13-;;/m0../s1. The Morgan fingerprint density at radius 3 is 2.08 bits per heavy atom. The van der Waals surface area contributed by atoms with Gasteiger partial charge in [-0.3, -0.25) is 4.90 Å². The maximum Gasteiger partial charge on any atom is 0.416 e. The molecule has 1 N–H and O–H groups in total. The van der Waals surface area contributed by atoms with Gasteiger partial charge in [0, 0.05) is 43.7 Å². The van der Waals surface area contributed by atoms with Gasteiger partial charge in [-0.15, -0.1) is 24.8 Å². The SMILES string of the molecule is Cl.Cl.FC(F)(F)CC[C@@H](c1cc(Cl)cc(C(F)(F)F)c1)N1CCNCC1. The van der Waals surface area contributed by atoms with Crippen LogP contribution in [0.3, 0.4) is 0 Å². The molecule has 1 aliphatic heterocycles. The summed E-state index contributed by atoms with van der Waals surface area (Å²) in [6, 6.07) is 2.24.